The van der Waals surface area contributed by atoms with E-state index in [1.807, 2.05) is 26.8 Å². The summed E-state index contributed by atoms with van der Waals surface area (Å²) >= 11 is 0. The van der Waals surface area contributed by atoms with Crippen LogP contribution in [0.2, 0.25) is 0 Å². The predicted octanol–water partition coefficient (Wildman–Crippen LogP) is 3.74. The largest absolute Gasteiger partial charge is 0.455 e. The molecular formula is C22H29N5O3. The summed E-state index contributed by atoms with van der Waals surface area (Å²) in [7, 11) is 1.54. The van der Waals surface area contributed by atoms with Crippen molar-refractivity contribution in [1.82, 2.24) is 20.6 Å². The lowest BCUT2D eigenvalue weighted by Gasteiger charge is -2.18. The Bertz CT molecular complexity index is 915. The van der Waals surface area contributed by atoms with Gasteiger partial charge in [-0.2, -0.15) is 0 Å². The average Bonchev–Trinajstić information content (AvgIpc) is 3.18. The number of aryl methyl sites for hydroxylation is 1. The molecule has 0 aliphatic heterocycles. The van der Waals surface area contributed by atoms with Gasteiger partial charge in [-0.25, -0.2) is 9.78 Å². The van der Waals surface area contributed by atoms with Crippen molar-refractivity contribution in [3.8, 4) is 11.5 Å². The standard InChI is InChI=1S/C22H29N5O3/c1-13(2)26-21(28)16-6-5-15(8-16)18-12-25-20(27-22(29)23-4)9-19(18)30-17-7-14(3)10-24-11-17/h7,9-13,15-16H,5-6,8H2,1-4H3,(H,26,28)(H2,23,25,27,29). The zero-order valence-corrected chi connectivity index (χ0v) is 17.9. The van der Waals surface area contributed by atoms with Crippen LogP contribution in [-0.4, -0.2) is 35.0 Å². The maximum Gasteiger partial charge on any atom is 0.320 e. The first kappa shape index (κ1) is 21.5. The first-order chi connectivity index (χ1) is 14.4. The number of rotatable bonds is 6. The van der Waals surface area contributed by atoms with Crippen LogP contribution in [0, 0.1) is 12.8 Å². The molecule has 2 heterocycles. The van der Waals surface area contributed by atoms with Crippen molar-refractivity contribution in [1.29, 1.82) is 0 Å². The summed E-state index contributed by atoms with van der Waals surface area (Å²) in [6.45, 7) is 5.88. The van der Waals surface area contributed by atoms with Crippen LogP contribution in [0.15, 0.2) is 30.7 Å². The zero-order valence-electron chi connectivity index (χ0n) is 17.9. The first-order valence-electron chi connectivity index (χ1n) is 10.2. The average molecular weight is 412 g/mol. The summed E-state index contributed by atoms with van der Waals surface area (Å²) in [5.41, 5.74) is 1.91. The third kappa shape index (κ3) is 5.46. The van der Waals surface area contributed by atoms with Crippen LogP contribution in [0.25, 0.3) is 0 Å². The molecule has 0 saturated heterocycles. The van der Waals surface area contributed by atoms with E-state index < -0.39 is 0 Å². The summed E-state index contributed by atoms with van der Waals surface area (Å²) < 4.78 is 6.14. The van der Waals surface area contributed by atoms with Gasteiger partial charge >= 0.3 is 6.03 Å². The maximum absolute atomic E-state index is 12.4. The van der Waals surface area contributed by atoms with Crippen molar-refractivity contribution in [2.45, 2.75) is 52.0 Å². The fourth-order valence-electron chi connectivity index (χ4n) is 3.70. The highest BCUT2D eigenvalue weighted by molar-refractivity contribution is 5.88. The first-order valence-corrected chi connectivity index (χ1v) is 10.2. The smallest absolute Gasteiger partial charge is 0.320 e. The molecule has 8 heteroatoms. The van der Waals surface area contributed by atoms with Gasteiger partial charge in [0.2, 0.25) is 5.91 Å². The highest BCUT2D eigenvalue weighted by Gasteiger charge is 2.33. The molecule has 2 aromatic rings. The Morgan fingerprint density at radius 1 is 1.17 bits per heavy atom. The molecule has 0 radical (unpaired) electrons. The summed E-state index contributed by atoms with van der Waals surface area (Å²) in [5.74, 6) is 1.85. The molecule has 1 aliphatic carbocycles. The Kier molecular flexibility index (Phi) is 6.87. The van der Waals surface area contributed by atoms with Crippen molar-refractivity contribution in [3.63, 3.8) is 0 Å². The van der Waals surface area contributed by atoms with E-state index >= 15 is 0 Å². The molecule has 30 heavy (non-hydrogen) atoms. The summed E-state index contributed by atoms with van der Waals surface area (Å²) in [4.78, 5) is 32.7. The number of carbonyl (C=O) groups is 2. The minimum atomic E-state index is -0.357. The Morgan fingerprint density at radius 3 is 2.67 bits per heavy atom. The van der Waals surface area contributed by atoms with Gasteiger partial charge in [-0.05, 0) is 57.6 Å². The number of aromatic nitrogens is 2. The number of anilines is 1. The topological polar surface area (TPSA) is 105 Å². The number of hydrogen-bond donors (Lipinski definition) is 3. The van der Waals surface area contributed by atoms with E-state index in [1.165, 1.54) is 0 Å². The van der Waals surface area contributed by atoms with Gasteiger partial charge in [0, 0.05) is 43.0 Å². The van der Waals surface area contributed by atoms with Gasteiger partial charge in [-0.1, -0.05) is 0 Å². The number of hydrogen-bond acceptors (Lipinski definition) is 5. The monoisotopic (exact) mass is 411 g/mol. The minimum Gasteiger partial charge on any atom is -0.455 e. The molecule has 2 aromatic heterocycles. The molecule has 0 spiro atoms. The summed E-state index contributed by atoms with van der Waals surface area (Å²) in [6.07, 6.45) is 7.59. The van der Waals surface area contributed by atoms with Crippen molar-refractivity contribution in [2.24, 2.45) is 5.92 Å². The molecule has 8 nitrogen and oxygen atoms in total. The van der Waals surface area contributed by atoms with Gasteiger partial charge in [0.1, 0.15) is 17.3 Å². The molecule has 3 rings (SSSR count). The van der Waals surface area contributed by atoms with Crippen molar-refractivity contribution in [2.75, 3.05) is 12.4 Å². The third-order valence-electron chi connectivity index (χ3n) is 5.12. The maximum atomic E-state index is 12.4. The molecule has 2 unspecified atom stereocenters. The lowest BCUT2D eigenvalue weighted by Crippen LogP contribution is -2.34. The normalized spacial score (nSPS) is 18.2. The quantitative estimate of drug-likeness (QED) is 0.672. The van der Waals surface area contributed by atoms with Crippen LogP contribution in [0.5, 0.6) is 11.5 Å². The number of urea groups is 1. The molecule has 2 atom stereocenters. The van der Waals surface area contributed by atoms with Crippen LogP contribution in [0.4, 0.5) is 10.6 Å². The molecule has 0 bridgehead atoms. The number of carbonyl (C=O) groups excluding carboxylic acids is 2. The van der Waals surface area contributed by atoms with Gasteiger partial charge in [0.25, 0.3) is 0 Å². The molecule has 3 N–H and O–H groups in total. The van der Waals surface area contributed by atoms with Crippen LogP contribution < -0.4 is 20.7 Å². The SMILES string of the molecule is CNC(=O)Nc1cc(Oc2cncc(C)c2)c(C2CCC(C(=O)NC(C)C)C2)cn1. The molecule has 1 saturated carbocycles. The minimum absolute atomic E-state index is 0.0189. The second-order valence-electron chi connectivity index (χ2n) is 7.98. The van der Waals surface area contributed by atoms with Gasteiger partial charge in [-0.3, -0.25) is 15.1 Å². The van der Waals surface area contributed by atoms with Crippen molar-refractivity contribution < 1.29 is 14.3 Å². The third-order valence-corrected chi connectivity index (χ3v) is 5.12. The van der Waals surface area contributed by atoms with E-state index in [0.717, 1.165) is 30.4 Å². The van der Waals surface area contributed by atoms with Crippen LogP contribution >= 0.6 is 0 Å². The molecule has 160 valence electrons. The number of amides is 3. The van der Waals surface area contributed by atoms with E-state index in [4.69, 9.17) is 4.74 Å². The molecule has 3 amide bonds. The fraction of sp³-hybridized carbons (Fsp3) is 0.455. The van der Waals surface area contributed by atoms with Crippen LogP contribution in [-0.2, 0) is 4.79 Å². The predicted molar refractivity (Wildman–Crippen MR) is 115 cm³/mol. The lowest BCUT2D eigenvalue weighted by atomic mass is 9.96. The molecule has 1 fully saturated rings. The Hall–Kier alpha value is -3.16. The molecule has 0 aromatic carbocycles. The lowest BCUT2D eigenvalue weighted by molar-refractivity contribution is -0.125. The van der Waals surface area contributed by atoms with Crippen molar-refractivity contribution in [3.05, 3.63) is 41.9 Å². The van der Waals surface area contributed by atoms with Gasteiger partial charge < -0.3 is 15.4 Å². The summed E-state index contributed by atoms with van der Waals surface area (Å²) in [5, 5.41) is 8.19. The number of nitrogens with one attached hydrogen (secondary N) is 3. The fourth-order valence-corrected chi connectivity index (χ4v) is 3.70. The number of ether oxygens (including phenoxy) is 1. The Balaban J connectivity index is 1.85. The number of pyridine rings is 2. The number of nitrogens with zero attached hydrogens (tertiary/aromatic N) is 2. The van der Waals surface area contributed by atoms with E-state index in [0.29, 0.717) is 17.3 Å². The Morgan fingerprint density at radius 2 is 1.97 bits per heavy atom. The van der Waals surface area contributed by atoms with Gasteiger partial charge in [-0.15, -0.1) is 0 Å². The van der Waals surface area contributed by atoms with E-state index in [-0.39, 0.29) is 29.8 Å². The van der Waals surface area contributed by atoms with E-state index in [1.54, 1.807) is 31.7 Å². The van der Waals surface area contributed by atoms with Crippen LogP contribution in [0.1, 0.15) is 50.2 Å². The van der Waals surface area contributed by atoms with Gasteiger partial charge in [0.15, 0.2) is 0 Å². The van der Waals surface area contributed by atoms with E-state index in [9.17, 15) is 9.59 Å². The molecular weight excluding hydrogens is 382 g/mol. The highest BCUT2D eigenvalue weighted by atomic mass is 16.5. The van der Waals surface area contributed by atoms with E-state index in [2.05, 4.69) is 25.9 Å². The van der Waals surface area contributed by atoms with Gasteiger partial charge in [0.05, 0.1) is 6.20 Å². The Labute approximate surface area is 176 Å². The second kappa shape index (κ2) is 9.56. The van der Waals surface area contributed by atoms with Crippen LogP contribution in [0.3, 0.4) is 0 Å². The second-order valence-corrected chi connectivity index (χ2v) is 7.98. The highest BCUT2D eigenvalue weighted by Crippen LogP contribution is 2.43. The van der Waals surface area contributed by atoms with Crippen molar-refractivity contribution >= 4 is 17.8 Å². The molecule has 1 aliphatic rings. The zero-order chi connectivity index (χ0) is 21.7. The summed E-state index contributed by atoms with van der Waals surface area (Å²) in [6, 6.07) is 3.39.